The van der Waals surface area contributed by atoms with Crippen LogP contribution in [0.15, 0.2) is 66.9 Å². The van der Waals surface area contributed by atoms with E-state index in [9.17, 15) is 4.79 Å². The van der Waals surface area contributed by atoms with E-state index in [0.29, 0.717) is 25.3 Å². The van der Waals surface area contributed by atoms with Crippen molar-refractivity contribution in [2.75, 3.05) is 6.54 Å². The molecule has 2 aromatic heterocycles. The minimum Gasteiger partial charge on any atom is -0.472 e. The van der Waals surface area contributed by atoms with Gasteiger partial charge in [-0.25, -0.2) is 4.98 Å². The Morgan fingerprint density at radius 2 is 1.83 bits per heavy atom. The quantitative estimate of drug-likeness (QED) is 0.527. The number of H-pyrrole nitrogens is 1. The normalized spacial score (nSPS) is 16.3. The fraction of sp³-hybridized carbons (Fsp3) is 0.174. The molecule has 7 nitrogen and oxygen atoms in total. The van der Waals surface area contributed by atoms with Crippen molar-refractivity contribution >= 4 is 16.8 Å². The lowest BCUT2D eigenvalue weighted by molar-refractivity contribution is -0.123. The molecule has 1 atom stereocenters. The van der Waals surface area contributed by atoms with E-state index in [1.54, 1.807) is 6.20 Å². The summed E-state index contributed by atoms with van der Waals surface area (Å²) in [4.78, 5) is 15.8. The van der Waals surface area contributed by atoms with E-state index in [4.69, 9.17) is 9.47 Å². The number of benzene rings is 2. The highest BCUT2D eigenvalue weighted by Gasteiger charge is 2.19. The number of piperidine rings is 1. The second-order valence-electron chi connectivity index (χ2n) is 7.18. The summed E-state index contributed by atoms with van der Waals surface area (Å²) in [5.74, 6) is 2.13. The number of nitrogens with zero attached hydrogens (tertiary/aromatic N) is 2. The standard InChI is InChI=1S/C23H20N4O3/c28-22-9-7-19(14-24-22)30-23-10-3-16-13-18(6-8-20(16)26-23)29-17-4-1-15(2-5-17)21-11-12-25-27-21/h1-6,8,10-13,19H,7,9,14H2,(H,24,28)(H,25,27)/t19-/m0/s1. The summed E-state index contributed by atoms with van der Waals surface area (Å²) < 4.78 is 11.9. The number of carbonyl (C=O) groups excluding carboxylic acids is 1. The second kappa shape index (κ2) is 7.87. The lowest BCUT2D eigenvalue weighted by Crippen LogP contribution is -2.40. The van der Waals surface area contributed by atoms with Crippen LogP contribution in [0.4, 0.5) is 0 Å². The molecule has 0 unspecified atom stereocenters. The summed E-state index contributed by atoms with van der Waals surface area (Å²) in [6, 6.07) is 19.3. The fourth-order valence-electron chi connectivity index (χ4n) is 3.45. The van der Waals surface area contributed by atoms with Crippen molar-refractivity contribution < 1.29 is 14.3 Å². The molecule has 1 aliphatic heterocycles. The lowest BCUT2D eigenvalue weighted by atomic mass is 10.1. The molecular formula is C23H20N4O3. The summed E-state index contributed by atoms with van der Waals surface area (Å²) in [5, 5.41) is 10.7. The van der Waals surface area contributed by atoms with Crippen molar-refractivity contribution in [3.63, 3.8) is 0 Å². The average Bonchev–Trinajstić information content (AvgIpc) is 3.31. The van der Waals surface area contributed by atoms with Gasteiger partial charge in [-0.3, -0.25) is 9.89 Å². The van der Waals surface area contributed by atoms with E-state index >= 15 is 0 Å². The number of pyridine rings is 1. The number of rotatable bonds is 5. The van der Waals surface area contributed by atoms with Crippen LogP contribution in [0.2, 0.25) is 0 Å². The van der Waals surface area contributed by atoms with Crippen LogP contribution in [0.5, 0.6) is 17.4 Å². The smallest absolute Gasteiger partial charge is 0.220 e. The Morgan fingerprint density at radius 1 is 0.967 bits per heavy atom. The van der Waals surface area contributed by atoms with Gasteiger partial charge in [0.25, 0.3) is 0 Å². The molecule has 0 spiro atoms. The van der Waals surface area contributed by atoms with Crippen molar-refractivity contribution in [3.8, 4) is 28.6 Å². The molecule has 4 aromatic rings. The van der Waals surface area contributed by atoms with Crippen LogP contribution < -0.4 is 14.8 Å². The molecule has 3 heterocycles. The highest BCUT2D eigenvalue weighted by atomic mass is 16.5. The monoisotopic (exact) mass is 400 g/mol. The van der Waals surface area contributed by atoms with Gasteiger partial charge in [0.05, 0.1) is 17.8 Å². The number of ether oxygens (including phenoxy) is 2. The Labute approximate surface area is 173 Å². The van der Waals surface area contributed by atoms with Crippen LogP contribution in [0.3, 0.4) is 0 Å². The minimum atomic E-state index is -0.0417. The molecule has 7 heteroatoms. The highest BCUT2D eigenvalue weighted by Crippen LogP contribution is 2.28. The number of carbonyl (C=O) groups is 1. The summed E-state index contributed by atoms with van der Waals surface area (Å²) in [7, 11) is 0. The Hall–Kier alpha value is -3.87. The summed E-state index contributed by atoms with van der Waals surface area (Å²) in [6.07, 6.45) is 2.88. The first-order valence-electron chi connectivity index (χ1n) is 9.85. The van der Waals surface area contributed by atoms with E-state index in [1.807, 2.05) is 60.7 Å². The molecule has 1 fully saturated rings. The molecule has 0 saturated carbocycles. The predicted octanol–water partition coefficient (Wildman–Crippen LogP) is 4.07. The minimum absolute atomic E-state index is 0.0417. The molecule has 1 aliphatic rings. The molecule has 0 bridgehead atoms. The Balaban J connectivity index is 1.28. The number of hydrogen-bond acceptors (Lipinski definition) is 5. The van der Waals surface area contributed by atoms with Gasteiger partial charge < -0.3 is 14.8 Å². The Morgan fingerprint density at radius 3 is 2.60 bits per heavy atom. The van der Waals surface area contributed by atoms with Gasteiger partial charge in [0.2, 0.25) is 11.8 Å². The van der Waals surface area contributed by atoms with E-state index < -0.39 is 0 Å². The van der Waals surface area contributed by atoms with Crippen LogP contribution >= 0.6 is 0 Å². The molecule has 30 heavy (non-hydrogen) atoms. The number of aromatic nitrogens is 3. The molecule has 2 N–H and O–H groups in total. The number of aromatic amines is 1. The van der Waals surface area contributed by atoms with Gasteiger partial charge >= 0.3 is 0 Å². The first kappa shape index (κ1) is 18.2. The lowest BCUT2D eigenvalue weighted by Gasteiger charge is -2.23. The van der Waals surface area contributed by atoms with Crippen molar-refractivity contribution in [1.29, 1.82) is 0 Å². The van der Waals surface area contributed by atoms with Crippen LogP contribution in [-0.4, -0.2) is 33.7 Å². The van der Waals surface area contributed by atoms with Crippen LogP contribution in [0.25, 0.3) is 22.2 Å². The highest BCUT2D eigenvalue weighted by molar-refractivity contribution is 5.81. The molecule has 1 amide bonds. The maximum absolute atomic E-state index is 11.3. The summed E-state index contributed by atoms with van der Waals surface area (Å²) in [5.41, 5.74) is 2.84. The SMILES string of the molecule is O=C1CC[C@H](Oc2ccc3cc(Oc4ccc(-c5ccn[nH]5)cc4)ccc3n2)CN1. The first-order valence-corrected chi connectivity index (χ1v) is 9.85. The third-order valence-corrected chi connectivity index (χ3v) is 5.04. The van der Waals surface area contributed by atoms with E-state index in [-0.39, 0.29) is 12.0 Å². The average molecular weight is 400 g/mol. The zero-order valence-corrected chi connectivity index (χ0v) is 16.2. The Bertz CT molecular complexity index is 1160. The summed E-state index contributed by atoms with van der Waals surface area (Å²) in [6.45, 7) is 0.518. The van der Waals surface area contributed by atoms with Gasteiger partial charge in [0, 0.05) is 24.1 Å². The van der Waals surface area contributed by atoms with E-state index in [2.05, 4.69) is 20.5 Å². The molecule has 5 rings (SSSR count). The van der Waals surface area contributed by atoms with Gasteiger partial charge in [-0.05, 0) is 66.6 Å². The largest absolute Gasteiger partial charge is 0.472 e. The zero-order valence-electron chi connectivity index (χ0n) is 16.2. The summed E-state index contributed by atoms with van der Waals surface area (Å²) >= 11 is 0. The first-order chi connectivity index (χ1) is 14.7. The Kier molecular flexibility index (Phi) is 4.77. The van der Waals surface area contributed by atoms with Crippen LogP contribution in [0.1, 0.15) is 12.8 Å². The van der Waals surface area contributed by atoms with Crippen LogP contribution in [0, 0.1) is 0 Å². The number of hydrogen-bond donors (Lipinski definition) is 2. The van der Waals surface area contributed by atoms with Crippen molar-refractivity contribution in [3.05, 3.63) is 66.9 Å². The van der Waals surface area contributed by atoms with Crippen molar-refractivity contribution in [1.82, 2.24) is 20.5 Å². The van der Waals surface area contributed by atoms with Gasteiger partial charge in [0.15, 0.2) is 0 Å². The number of amides is 1. The number of fused-ring (bicyclic) bond motifs is 1. The van der Waals surface area contributed by atoms with E-state index in [1.165, 1.54) is 0 Å². The maximum atomic E-state index is 11.3. The molecule has 0 radical (unpaired) electrons. The van der Waals surface area contributed by atoms with Gasteiger partial charge in [-0.2, -0.15) is 5.10 Å². The topological polar surface area (TPSA) is 89.1 Å². The fourth-order valence-corrected chi connectivity index (χ4v) is 3.45. The predicted molar refractivity (Wildman–Crippen MR) is 113 cm³/mol. The van der Waals surface area contributed by atoms with E-state index in [0.717, 1.165) is 33.7 Å². The number of nitrogens with one attached hydrogen (secondary N) is 2. The van der Waals surface area contributed by atoms with Gasteiger partial charge in [0.1, 0.15) is 17.6 Å². The zero-order chi connectivity index (χ0) is 20.3. The molecule has 150 valence electrons. The second-order valence-corrected chi connectivity index (χ2v) is 7.18. The third-order valence-electron chi connectivity index (χ3n) is 5.04. The molecule has 1 saturated heterocycles. The molecular weight excluding hydrogens is 380 g/mol. The van der Waals surface area contributed by atoms with Gasteiger partial charge in [-0.1, -0.05) is 0 Å². The maximum Gasteiger partial charge on any atom is 0.220 e. The van der Waals surface area contributed by atoms with Crippen molar-refractivity contribution in [2.45, 2.75) is 18.9 Å². The third kappa shape index (κ3) is 3.96. The van der Waals surface area contributed by atoms with Gasteiger partial charge in [-0.15, -0.1) is 0 Å². The van der Waals surface area contributed by atoms with Crippen molar-refractivity contribution in [2.24, 2.45) is 0 Å². The molecule has 2 aromatic carbocycles. The van der Waals surface area contributed by atoms with Crippen LogP contribution in [-0.2, 0) is 4.79 Å². The molecule has 0 aliphatic carbocycles.